The van der Waals surface area contributed by atoms with Crippen molar-refractivity contribution in [1.82, 2.24) is 15.3 Å². The van der Waals surface area contributed by atoms with Gasteiger partial charge in [0.05, 0.1) is 11.9 Å². The van der Waals surface area contributed by atoms with Gasteiger partial charge in [0.25, 0.3) is 5.91 Å². The summed E-state index contributed by atoms with van der Waals surface area (Å²) in [5, 5.41) is 5.43. The number of urea groups is 1. The average molecular weight is 365 g/mol. The van der Waals surface area contributed by atoms with Gasteiger partial charge in [0.1, 0.15) is 12.9 Å². The summed E-state index contributed by atoms with van der Waals surface area (Å²) < 4.78 is 19.1. The van der Waals surface area contributed by atoms with Gasteiger partial charge in [-0.15, -0.1) is 0 Å². The third-order valence-corrected chi connectivity index (χ3v) is 3.04. The minimum absolute atomic E-state index is 0.0497. The fourth-order valence-electron chi connectivity index (χ4n) is 1.78. The molecule has 2 rings (SSSR count). The van der Waals surface area contributed by atoms with Crippen molar-refractivity contribution in [2.45, 2.75) is 0 Å². The quantitative estimate of drug-likeness (QED) is 0.419. The van der Waals surface area contributed by atoms with E-state index in [2.05, 4.69) is 20.0 Å². The molecule has 11 heteroatoms. The Balaban J connectivity index is 2.47. The lowest BCUT2D eigenvalue weighted by Gasteiger charge is -2.12. The van der Waals surface area contributed by atoms with Crippen LogP contribution in [-0.4, -0.2) is 34.7 Å². The van der Waals surface area contributed by atoms with Gasteiger partial charge in [0.2, 0.25) is 11.7 Å². The maximum Gasteiger partial charge on any atom is 0.319 e. The second-order valence-corrected chi connectivity index (χ2v) is 4.78. The van der Waals surface area contributed by atoms with Crippen molar-refractivity contribution in [3.8, 4) is 11.6 Å². The first-order chi connectivity index (χ1) is 11.9. The van der Waals surface area contributed by atoms with E-state index in [0.29, 0.717) is 0 Å². The number of hydrogen-bond acceptors (Lipinski definition) is 7. The third-order valence-electron chi connectivity index (χ3n) is 2.75. The number of aromatic amines is 1. The van der Waals surface area contributed by atoms with Gasteiger partial charge >= 0.3 is 6.03 Å². The molecule has 3 amide bonds. The predicted molar refractivity (Wildman–Crippen MR) is 87.2 cm³/mol. The Labute approximate surface area is 145 Å². The number of nitrogens with one attached hydrogen (secondary N) is 2. The molecular weight excluding hydrogens is 353 g/mol. The maximum absolute atomic E-state index is 14.0. The zero-order valence-corrected chi connectivity index (χ0v) is 13.6. The molecule has 0 aliphatic carbocycles. The van der Waals surface area contributed by atoms with Crippen LogP contribution in [0.1, 0.15) is 5.56 Å². The van der Waals surface area contributed by atoms with Crippen molar-refractivity contribution in [3.63, 3.8) is 0 Å². The summed E-state index contributed by atoms with van der Waals surface area (Å²) in [6, 6.07) is 5.01. The number of hydrogen-bond donors (Lipinski definition) is 3. The lowest BCUT2D eigenvalue weighted by Crippen LogP contribution is -2.40. The monoisotopic (exact) mass is 365 g/mol. The number of ether oxygens (including phenoxy) is 1. The van der Waals surface area contributed by atoms with Crippen molar-refractivity contribution in [3.05, 3.63) is 46.6 Å². The number of primary amides is 1. The zero-order valence-electron chi connectivity index (χ0n) is 12.8. The Kier molecular flexibility index (Phi) is 5.74. The summed E-state index contributed by atoms with van der Waals surface area (Å²) in [5.74, 6) is -2.05. The number of para-hydroxylation sites is 1. The first-order valence-electron chi connectivity index (χ1n) is 6.66. The van der Waals surface area contributed by atoms with Crippen molar-refractivity contribution in [2.75, 3.05) is 7.11 Å². The molecule has 1 aromatic heterocycles. The highest BCUT2D eigenvalue weighted by Crippen LogP contribution is 2.26. The molecule has 0 saturated carbocycles. The molecule has 1 aromatic carbocycles. The molecule has 0 atom stereocenters. The van der Waals surface area contributed by atoms with Crippen LogP contribution in [0.3, 0.4) is 0 Å². The molecule has 0 bridgehead atoms. The van der Waals surface area contributed by atoms with E-state index in [4.69, 9.17) is 22.7 Å². The average Bonchev–Trinajstić information content (AvgIpc) is 2.57. The lowest BCUT2D eigenvalue weighted by atomic mass is 10.1. The van der Waals surface area contributed by atoms with Crippen LogP contribution in [0.2, 0.25) is 0 Å². The second kappa shape index (κ2) is 7.97. The van der Waals surface area contributed by atoms with Gasteiger partial charge in [0, 0.05) is 0 Å². The van der Waals surface area contributed by atoms with E-state index in [0.717, 1.165) is 6.33 Å². The van der Waals surface area contributed by atoms with Crippen molar-refractivity contribution in [1.29, 1.82) is 0 Å². The summed E-state index contributed by atoms with van der Waals surface area (Å²) in [5.41, 5.74) is 4.76. The fraction of sp³-hybridized carbons (Fsp3) is 0.0714. The topological polar surface area (TPSA) is 132 Å². The fourth-order valence-corrected chi connectivity index (χ4v) is 1.92. The molecule has 4 N–H and O–H groups in total. The lowest BCUT2D eigenvalue weighted by molar-refractivity contribution is -0.113. The molecule has 9 nitrogen and oxygen atoms in total. The largest absolute Gasteiger partial charge is 0.437 e. The van der Waals surface area contributed by atoms with Gasteiger partial charge in [-0.05, 0) is 12.1 Å². The van der Waals surface area contributed by atoms with Gasteiger partial charge in [-0.3, -0.25) is 10.1 Å². The Morgan fingerprint density at radius 1 is 1.40 bits per heavy atom. The second-order valence-electron chi connectivity index (χ2n) is 4.39. The molecule has 130 valence electrons. The van der Waals surface area contributed by atoms with Gasteiger partial charge in [-0.1, -0.05) is 29.5 Å². The smallest absolute Gasteiger partial charge is 0.319 e. The number of nitrogens with two attached hydrogens (primary N) is 1. The van der Waals surface area contributed by atoms with E-state index in [1.807, 2.05) is 5.32 Å². The molecule has 25 heavy (non-hydrogen) atoms. The van der Waals surface area contributed by atoms with E-state index in [9.17, 15) is 14.0 Å². The Morgan fingerprint density at radius 2 is 2.12 bits per heavy atom. The number of halogens is 1. The molecule has 0 aliphatic rings. The number of rotatable bonds is 5. The first-order valence-corrected chi connectivity index (χ1v) is 7.07. The maximum atomic E-state index is 14.0. The molecule has 2 aromatic rings. The molecule has 0 radical (unpaired) electrons. The van der Waals surface area contributed by atoms with Crippen LogP contribution >= 0.6 is 12.2 Å². The highest BCUT2D eigenvalue weighted by Gasteiger charge is 2.21. The zero-order chi connectivity index (χ0) is 18.4. The van der Waals surface area contributed by atoms with E-state index in [1.54, 1.807) is 12.1 Å². The van der Waals surface area contributed by atoms with E-state index >= 15 is 0 Å². The van der Waals surface area contributed by atoms with Crippen LogP contribution < -0.4 is 15.8 Å². The van der Waals surface area contributed by atoms with Gasteiger partial charge in [0.15, 0.2) is 10.4 Å². The van der Waals surface area contributed by atoms with Crippen LogP contribution in [0.5, 0.6) is 11.6 Å². The Morgan fingerprint density at radius 3 is 2.80 bits per heavy atom. The number of amides is 3. The number of aromatic nitrogens is 2. The van der Waals surface area contributed by atoms with Crippen molar-refractivity contribution >= 4 is 29.9 Å². The number of imide groups is 1. The summed E-state index contributed by atoms with van der Waals surface area (Å²) in [6.45, 7) is 0. The van der Waals surface area contributed by atoms with E-state index in [-0.39, 0.29) is 27.5 Å². The van der Waals surface area contributed by atoms with Crippen LogP contribution in [0.4, 0.5) is 9.18 Å². The standard InChI is InChI=1S/C14H12FN5O4S/c1-23-20-10(11(21)19-14(16)22)7-4-2-3-5-8(7)24-12-9(15)13(25)18-6-17-12/h2-6H,1H3,(H,17,18,25)(H3,16,19,21,22)/b20-10+. The third kappa shape index (κ3) is 4.35. The predicted octanol–water partition coefficient (Wildman–Crippen LogP) is 1.62. The number of oxime groups is 1. The highest BCUT2D eigenvalue weighted by atomic mass is 32.1. The van der Waals surface area contributed by atoms with Crippen LogP contribution in [0.25, 0.3) is 0 Å². The molecule has 0 unspecified atom stereocenters. The molecule has 0 saturated heterocycles. The number of nitrogens with zero attached hydrogens (tertiary/aromatic N) is 2. The Hall–Kier alpha value is -3.34. The van der Waals surface area contributed by atoms with Crippen LogP contribution in [-0.2, 0) is 9.63 Å². The van der Waals surface area contributed by atoms with Gasteiger partial charge in [-0.2, -0.15) is 4.39 Å². The number of benzene rings is 1. The summed E-state index contributed by atoms with van der Waals surface area (Å²) in [7, 11) is 1.21. The minimum atomic E-state index is -1.07. The molecular formula is C14H12FN5O4S. The number of carbonyl (C=O) groups excluding carboxylic acids is 2. The van der Waals surface area contributed by atoms with Crippen molar-refractivity contribution < 1.29 is 23.6 Å². The SMILES string of the molecule is CO/N=C(/C(=O)NC(N)=O)c1ccccc1Oc1[nH]cnc(=S)c1F. The molecule has 1 heterocycles. The van der Waals surface area contributed by atoms with E-state index in [1.165, 1.54) is 19.2 Å². The van der Waals surface area contributed by atoms with E-state index < -0.39 is 17.8 Å². The van der Waals surface area contributed by atoms with Crippen LogP contribution in [0.15, 0.2) is 35.7 Å². The summed E-state index contributed by atoms with van der Waals surface area (Å²) in [6.07, 6.45) is 1.16. The molecule has 0 fully saturated rings. The molecule has 0 aliphatic heterocycles. The highest BCUT2D eigenvalue weighted by molar-refractivity contribution is 7.71. The Bertz CT molecular complexity index is 899. The number of carbonyl (C=O) groups is 2. The summed E-state index contributed by atoms with van der Waals surface area (Å²) >= 11 is 4.73. The summed E-state index contributed by atoms with van der Waals surface area (Å²) in [4.78, 5) is 33.6. The van der Waals surface area contributed by atoms with Crippen molar-refractivity contribution in [2.24, 2.45) is 10.9 Å². The van der Waals surface area contributed by atoms with Gasteiger partial charge in [-0.25, -0.2) is 9.78 Å². The normalized spacial score (nSPS) is 10.9. The minimum Gasteiger partial charge on any atom is -0.437 e. The first kappa shape index (κ1) is 18.0. The van der Waals surface area contributed by atoms with Crippen LogP contribution in [0, 0.1) is 10.5 Å². The van der Waals surface area contributed by atoms with Gasteiger partial charge < -0.3 is 20.3 Å². The number of H-pyrrole nitrogens is 1. The molecule has 0 spiro atoms.